The molecule has 0 atom stereocenters. The molecule has 0 fully saturated rings. The fourth-order valence-electron chi connectivity index (χ4n) is 2.07. The summed E-state index contributed by atoms with van der Waals surface area (Å²) < 4.78 is 15.0. The average Bonchev–Trinajstić information content (AvgIpc) is 2.91. The van der Waals surface area contributed by atoms with Crippen molar-refractivity contribution in [2.24, 2.45) is 12.0 Å². The van der Waals surface area contributed by atoms with Gasteiger partial charge in [0, 0.05) is 31.9 Å². The molecule has 0 unspecified atom stereocenters. The summed E-state index contributed by atoms with van der Waals surface area (Å²) in [7, 11) is 1.88. The van der Waals surface area contributed by atoms with Crippen molar-refractivity contribution in [3.8, 4) is 0 Å². The van der Waals surface area contributed by atoms with E-state index in [1.807, 2.05) is 26.2 Å². The standard InChI is InChI=1S/C16H22FN5.HI/c1-4-18-16(20-9-14-10-21-22(3)11-14)19-8-13-5-6-15(17)12(2)7-13;/h5-7,10-11H,4,8-9H2,1-3H3,(H2,18,19,20);1H. The summed E-state index contributed by atoms with van der Waals surface area (Å²) in [5.41, 5.74) is 2.72. The molecule has 126 valence electrons. The van der Waals surface area contributed by atoms with Gasteiger partial charge in [-0.1, -0.05) is 12.1 Å². The molecule has 23 heavy (non-hydrogen) atoms. The van der Waals surface area contributed by atoms with Gasteiger partial charge in [0.1, 0.15) is 5.82 Å². The van der Waals surface area contributed by atoms with E-state index in [0.29, 0.717) is 18.7 Å². The number of halogens is 2. The SMILES string of the molecule is CCNC(=NCc1cnn(C)c1)NCc1ccc(F)c(C)c1.I. The molecule has 2 rings (SSSR count). The van der Waals surface area contributed by atoms with Gasteiger partial charge in [-0.3, -0.25) is 4.68 Å². The predicted molar refractivity (Wildman–Crippen MR) is 101 cm³/mol. The third kappa shape index (κ3) is 6.17. The number of aromatic nitrogens is 2. The second-order valence-corrected chi connectivity index (χ2v) is 5.15. The number of aryl methyl sites for hydroxylation is 2. The molecule has 1 aromatic carbocycles. The topological polar surface area (TPSA) is 54.2 Å². The van der Waals surface area contributed by atoms with Gasteiger partial charge in [0.2, 0.25) is 0 Å². The lowest BCUT2D eigenvalue weighted by molar-refractivity contribution is 0.617. The monoisotopic (exact) mass is 431 g/mol. The van der Waals surface area contributed by atoms with Gasteiger partial charge in [-0.15, -0.1) is 24.0 Å². The van der Waals surface area contributed by atoms with Gasteiger partial charge in [-0.25, -0.2) is 9.38 Å². The Morgan fingerprint density at radius 3 is 2.70 bits per heavy atom. The van der Waals surface area contributed by atoms with Crippen LogP contribution in [-0.4, -0.2) is 22.3 Å². The Hall–Kier alpha value is -1.64. The minimum atomic E-state index is -0.180. The number of hydrogen-bond acceptors (Lipinski definition) is 2. The van der Waals surface area contributed by atoms with Crippen molar-refractivity contribution in [3.63, 3.8) is 0 Å². The van der Waals surface area contributed by atoms with E-state index in [1.54, 1.807) is 23.9 Å². The first-order valence-corrected chi connectivity index (χ1v) is 7.33. The fourth-order valence-corrected chi connectivity index (χ4v) is 2.07. The summed E-state index contributed by atoms with van der Waals surface area (Å²) in [6.45, 7) is 5.72. The lowest BCUT2D eigenvalue weighted by Crippen LogP contribution is -2.36. The Bertz CT molecular complexity index is 654. The quantitative estimate of drug-likeness (QED) is 0.435. The highest BCUT2D eigenvalue weighted by Gasteiger charge is 2.02. The number of nitrogens with zero attached hydrogens (tertiary/aromatic N) is 3. The van der Waals surface area contributed by atoms with Crippen molar-refractivity contribution in [1.29, 1.82) is 0 Å². The fraction of sp³-hybridized carbons (Fsp3) is 0.375. The predicted octanol–water partition coefficient (Wildman–Crippen LogP) is 2.74. The Morgan fingerprint density at radius 1 is 1.30 bits per heavy atom. The van der Waals surface area contributed by atoms with Crippen LogP contribution in [0.25, 0.3) is 0 Å². The molecule has 0 radical (unpaired) electrons. The molecule has 0 amide bonds. The van der Waals surface area contributed by atoms with Crippen LogP contribution < -0.4 is 10.6 Å². The van der Waals surface area contributed by atoms with E-state index in [-0.39, 0.29) is 29.8 Å². The number of rotatable bonds is 5. The van der Waals surface area contributed by atoms with Crippen molar-refractivity contribution in [2.45, 2.75) is 26.9 Å². The minimum Gasteiger partial charge on any atom is -0.357 e. The van der Waals surface area contributed by atoms with Crippen LogP contribution in [0.1, 0.15) is 23.6 Å². The Kier molecular flexibility index (Phi) is 8.01. The van der Waals surface area contributed by atoms with Gasteiger partial charge >= 0.3 is 0 Å². The van der Waals surface area contributed by atoms with Crippen molar-refractivity contribution < 1.29 is 4.39 Å². The van der Waals surface area contributed by atoms with Gasteiger partial charge in [-0.2, -0.15) is 5.10 Å². The van der Waals surface area contributed by atoms with Crippen LogP contribution in [-0.2, 0) is 20.1 Å². The van der Waals surface area contributed by atoms with Gasteiger partial charge < -0.3 is 10.6 Å². The number of aliphatic imine (C=N–C) groups is 1. The number of nitrogens with one attached hydrogen (secondary N) is 2. The van der Waals surface area contributed by atoms with Gasteiger partial charge in [0.05, 0.1) is 12.7 Å². The zero-order valence-corrected chi connectivity index (χ0v) is 16.0. The van der Waals surface area contributed by atoms with E-state index in [4.69, 9.17) is 0 Å². The van der Waals surface area contributed by atoms with Crippen molar-refractivity contribution in [2.75, 3.05) is 6.54 Å². The van der Waals surface area contributed by atoms with Crippen LogP contribution in [0.15, 0.2) is 35.6 Å². The summed E-state index contributed by atoms with van der Waals surface area (Å²) >= 11 is 0. The summed E-state index contributed by atoms with van der Waals surface area (Å²) in [5.74, 6) is 0.550. The molecule has 5 nitrogen and oxygen atoms in total. The maximum absolute atomic E-state index is 13.3. The lowest BCUT2D eigenvalue weighted by atomic mass is 10.1. The average molecular weight is 431 g/mol. The second-order valence-electron chi connectivity index (χ2n) is 5.15. The number of guanidine groups is 1. The highest BCUT2D eigenvalue weighted by molar-refractivity contribution is 14.0. The maximum atomic E-state index is 13.3. The van der Waals surface area contributed by atoms with Gasteiger partial charge in [0.15, 0.2) is 5.96 Å². The molecule has 7 heteroatoms. The molecule has 0 aliphatic rings. The Morgan fingerprint density at radius 2 is 2.09 bits per heavy atom. The molecule has 0 bridgehead atoms. The largest absolute Gasteiger partial charge is 0.357 e. The van der Waals surface area contributed by atoms with Crippen LogP contribution >= 0.6 is 24.0 Å². The molecule has 1 heterocycles. The third-order valence-electron chi connectivity index (χ3n) is 3.20. The summed E-state index contributed by atoms with van der Waals surface area (Å²) in [5, 5.41) is 10.6. The molecule has 0 spiro atoms. The molecule has 1 aromatic heterocycles. The molecule has 0 aliphatic heterocycles. The van der Waals surface area contributed by atoms with Crippen LogP contribution in [0.2, 0.25) is 0 Å². The van der Waals surface area contributed by atoms with E-state index in [9.17, 15) is 4.39 Å². The molecule has 0 aliphatic carbocycles. The normalized spacial score (nSPS) is 11.0. The van der Waals surface area contributed by atoms with Crippen molar-refractivity contribution in [3.05, 3.63) is 53.1 Å². The summed E-state index contributed by atoms with van der Waals surface area (Å²) in [6.07, 6.45) is 3.74. The van der Waals surface area contributed by atoms with Crippen LogP contribution in [0.4, 0.5) is 4.39 Å². The first-order chi connectivity index (χ1) is 10.6. The molecule has 2 aromatic rings. The van der Waals surface area contributed by atoms with E-state index >= 15 is 0 Å². The minimum absolute atomic E-state index is 0. The second kappa shape index (κ2) is 9.49. The number of hydrogen-bond donors (Lipinski definition) is 2. The van der Waals surface area contributed by atoms with E-state index < -0.39 is 0 Å². The van der Waals surface area contributed by atoms with Crippen LogP contribution in [0.5, 0.6) is 0 Å². The van der Waals surface area contributed by atoms with E-state index in [1.165, 1.54) is 6.07 Å². The summed E-state index contributed by atoms with van der Waals surface area (Å²) in [6, 6.07) is 5.11. The Balaban J connectivity index is 0.00000264. The molecule has 0 saturated heterocycles. The molecule has 0 saturated carbocycles. The zero-order chi connectivity index (χ0) is 15.9. The lowest BCUT2D eigenvalue weighted by Gasteiger charge is -2.11. The highest BCUT2D eigenvalue weighted by atomic mass is 127. The molecular weight excluding hydrogens is 408 g/mol. The Labute approximate surface area is 153 Å². The third-order valence-corrected chi connectivity index (χ3v) is 3.20. The highest BCUT2D eigenvalue weighted by Crippen LogP contribution is 2.08. The first kappa shape index (κ1) is 19.4. The summed E-state index contributed by atoms with van der Waals surface area (Å²) in [4.78, 5) is 4.52. The van der Waals surface area contributed by atoms with Crippen LogP contribution in [0.3, 0.4) is 0 Å². The van der Waals surface area contributed by atoms with Crippen molar-refractivity contribution >= 4 is 29.9 Å². The smallest absolute Gasteiger partial charge is 0.191 e. The molecular formula is C16H23FIN5. The maximum Gasteiger partial charge on any atom is 0.191 e. The first-order valence-electron chi connectivity index (χ1n) is 7.33. The number of benzene rings is 1. The van der Waals surface area contributed by atoms with E-state index in [2.05, 4.69) is 20.7 Å². The van der Waals surface area contributed by atoms with Crippen molar-refractivity contribution in [1.82, 2.24) is 20.4 Å². The van der Waals surface area contributed by atoms with E-state index in [0.717, 1.165) is 23.6 Å². The van der Waals surface area contributed by atoms with Gasteiger partial charge in [0.25, 0.3) is 0 Å². The molecule has 2 N–H and O–H groups in total. The van der Waals surface area contributed by atoms with Crippen LogP contribution in [0, 0.1) is 12.7 Å². The van der Waals surface area contributed by atoms with Gasteiger partial charge in [-0.05, 0) is 31.0 Å². The zero-order valence-electron chi connectivity index (χ0n) is 13.6.